The molecular formula is C13H22BrN3O3. The lowest BCUT2D eigenvalue weighted by atomic mass is 10.0. The quantitative estimate of drug-likeness (QED) is 0.747. The first-order valence-electron chi connectivity index (χ1n) is 6.62. The van der Waals surface area contributed by atoms with E-state index >= 15 is 0 Å². The number of hydrogen-bond donors (Lipinski definition) is 2. The third-order valence-corrected chi connectivity index (χ3v) is 3.71. The molecule has 0 amide bonds. The molecule has 114 valence electrons. The number of ether oxygens (including phenoxy) is 1. The van der Waals surface area contributed by atoms with Crippen molar-refractivity contribution in [2.45, 2.75) is 38.8 Å². The summed E-state index contributed by atoms with van der Waals surface area (Å²) in [7, 11) is 1.58. The number of hydrogen-bond acceptors (Lipinski definition) is 5. The molecule has 0 bridgehead atoms. The van der Waals surface area contributed by atoms with Crippen LogP contribution in [0.3, 0.4) is 0 Å². The van der Waals surface area contributed by atoms with E-state index in [1.54, 1.807) is 20.2 Å². The van der Waals surface area contributed by atoms with Crippen LogP contribution in [0, 0.1) is 0 Å². The summed E-state index contributed by atoms with van der Waals surface area (Å²) in [6.45, 7) is 4.98. The highest BCUT2D eigenvalue weighted by atomic mass is 79.9. The van der Waals surface area contributed by atoms with Gasteiger partial charge in [0.15, 0.2) is 0 Å². The fourth-order valence-corrected chi connectivity index (χ4v) is 2.29. The second-order valence-electron chi connectivity index (χ2n) is 4.99. The summed E-state index contributed by atoms with van der Waals surface area (Å²) in [5.41, 5.74) is -0.443. The van der Waals surface area contributed by atoms with Crippen LogP contribution in [-0.4, -0.2) is 40.7 Å². The van der Waals surface area contributed by atoms with Crippen molar-refractivity contribution in [1.29, 1.82) is 0 Å². The van der Waals surface area contributed by atoms with Crippen molar-refractivity contribution < 1.29 is 9.84 Å². The van der Waals surface area contributed by atoms with Crippen molar-refractivity contribution in [3.63, 3.8) is 0 Å². The van der Waals surface area contributed by atoms with E-state index in [1.807, 2.05) is 6.92 Å². The molecule has 20 heavy (non-hydrogen) atoms. The number of nitrogens with one attached hydrogen (secondary N) is 1. The van der Waals surface area contributed by atoms with Gasteiger partial charge >= 0.3 is 0 Å². The van der Waals surface area contributed by atoms with Gasteiger partial charge in [0.25, 0.3) is 5.56 Å². The summed E-state index contributed by atoms with van der Waals surface area (Å²) >= 11 is 3.27. The molecule has 6 nitrogen and oxygen atoms in total. The molecule has 0 fully saturated rings. The van der Waals surface area contributed by atoms with Crippen molar-refractivity contribution in [3.8, 4) is 0 Å². The van der Waals surface area contributed by atoms with Gasteiger partial charge in [-0.1, -0.05) is 13.3 Å². The molecule has 0 aliphatic carbocycles. The molecule has 1 rings (SSSR count). The number of aromatic nitrogens is 2. The highest BCUT2D eigenvalue weighted by molar-refractivity contribution is 9.10. The van der Waals surface area contributed by atoms with Crippen LogP contribution in [0.25, 0.3) is 0 Å². The largest absolute Gasteiger partial charge is 0.388 e. The van der Waals surface area contributed by atoms with E-state index in [1.165, 1.54) is 4.68 Å². The van der Waals surface area contributed by atoms with Crippen molar-refractivity contribution in [2.24, 2.45) is 0 Å². The minimum atomic E-state index is -0.806. The first-order chi connectivity index (χ1) is 9.41. The maximum Gasteiger partial charge on any atom is 0.283 e. The molecular weight excluding hydrogens is 326 g/mol. The molecule has 0 saturated carbocycles. The Bertz CT molecular complexity index is 488. The molecule has 0 aromatic carbocycles. The maximum atomic E-state index is 12.0. The lowest BCUT2D eigenvalue weighted by Gasteiger charge is -2.23. The van der Waals surface area contributed by atoms with Gasteiger partial charge < -0.3 is 15.2 Å². The van der Waals surface area contributed by atoms with Crippen LogP contribution in [0.4, 0.5) is 5.69 Å². The number of halogens is 1. The fraction of sp³-hybridized carbons (Fsp3) is 0.692. The molecule has 1 atom stereocenters. The number of methoxy groups -OCH3 is 1. The Morgan fingerprint density at radius 3 is 2.90 bits per heavy atom. The summed E-state index contributed by atoms with van der Waals surface area (Å²) in [5, 5.41) is 17.2. The first-order valence-corrected chi connectivity index (χ1v) is 7.41. The van der Waals surface area contributed by atoms with Crippen LogP contribution < -0.4 is 10.9 Å². The first kappa shape index (κ1) is 17.1. The van der Waals surface area contributed by atoms with Gasteiger partial charge in [-0.05, 0) is 29.3 Å². The van der Waals surface area contributed by atoms with Gasteiger partial charge in [-0.15, -0.1) is 0 Å². The summed E-state index contributed by atoms with van der Waals surface area (Å²) < 4.78 is 6.68. The third-order valence-electron chi connectivity index (χ3n) is 2.94. The Labute approximate surface area is 127 Å². The van der Waals surface area contributed by atoms with E-state index in [0.717, 1.165) is 6.42 Å². The number of nitrogens with zero attached hydrogens (tertiary/aromatic N) is 2. The van der Waals surface area contributed by atoms with Gasteiger partial charge in [0.2, 0.25) is 0 Å². The summed E-state index contributed by atoms with van der Waals surface area (Å²) in [6, 6.07) is 0. The van der Waals surface area contributed by atoms with Gasteiger partial charge in [0.1, 0.15) is 4.47 Å². The third kappa shape index (κ3) is 4.88. The van der Waals surface area contributed by atoms with E-state index in [4.69, 9.17) is 4.74 Å². The van der Waals surface area contributed by atoms with E-state index in [0.29, 0.717) is 36.3 Å². The van der Waals surface area contributed by atoms with Crippen LogP contribution in [-0.2, 0) is 11.3 Å². The van der Waals surface area contributed by atoms with Crippen molar-refractivity contribution in [1.82, 2.24) is 9.78 Å². The molecule has 2 N–H and O–H groups in total. The van der Waals surface area contributed by atoms with Gasteiger partial charge in [-0.2, -0.15) is 5.10 Å². The standard InChI is InChI=1S/C13H22BrN3O3/c1-4-5-13(2,19)9-15-10-8-16-17(6-7-20-3)12(18)11(10)14/h8,15,19H,4-7,9H2,1-3H3. The SMILES string of the molecule is CCCC(C)(O)CNc1cnn(CCOC)c(=O)c1Br. The molecule has 1 unspecified atom stereocenters. The zero-order chi connectivity index (χ0) is 15.2. The van der Waals surface area contributed by atoms with E-state index in [9.17, 15) is 9.90 Å². The second kappa shape index (κ2) is 7.75. The van der Waals surface area contributed by atoms with E-state index in [-0.39, 0.29) is 5.56 Å². The predicted octanol–water partition coefficient (Wildman–Crippen LogP) is 1.62. The molecule has 0 radical (unpaired) electrons. The lowest BCUT2D eigenvalue weighted by molar-refractivity contribution is 0.0636. The Morgan fingerprint density at radius 1 is 1.60 bits per heavy atom. The van der Waals surface area contributed by atoms with Gasteiger partial charge in [0.05, 0.1) is 30.6 Å². The normalized spacial score (nSPS) is 14.1. The molecule has 0 aliphatic rings. The average Bonchev–Trinajstić information content (AvgIpc) is 2.39. The van der Waals surface area contributed by atoms with E-state index < -0.39 is 5.60 Å². The number of rotatable bonds is 8. The molecule has 0 aliphatic heterocycles. The smallest absolute Gasteiger partial charge is 0.283 e. The van der Waals surface area contributed by atoms with Gasteiger partial charge in [0, 0.05) is 13.7 Å². The topological polar surface area (TPSA) is 76.4 Å². The summed E-state index contributed by atoms with van der Waals surface area (Å²) in [4.78, 5) is 12.0. The van der Waals surface area contributed by atoms with Gasteiger partial charge in [-0.25, -0.2) is 4.68 Å². The Kier molecular flexibility index (Phi) is 6.64. The maximum absolute atomic E-state index is 12.0. The monoisotopic (exact) mass is 347 g/mol. The minimum Gasteiger partial charge on any atom is -0.388 e. The van der Waals surface area contributed by atoms with Gasteiger partial charge in [-0.3, -0.25) is 4.79 Å². The number of anilines is 1. The van der Waals surface area contributed by atoms with Crippen LogP contribution in [0.2, 0.25) is 0 Å². The van der Waals surface area contributed by atoms with Crippen molar-refractivity contribution >= 4 is 21.6 Å². The zero-order valence-corrected chi connectivity index (χ0v) is 13.7. The average molecular weight is 348 g/mol. The van der Waals surface area contributed by atoms with Crippen LogP contribution >= 0.6 is 15.9 Å². The molecule has 1 aromatic rings. The Hall–Kier alpha value is -0.920. The van der Waals surface area contributed by atoms with Crippen LogP contribution in [0.5, 0.6) is 0 Å². The fourth-order valence-electron chi connectivity index (χ4n) is 1.84. The van der Waals surface area contributed by atoms with Crippen LogP contribution in [0.1, 0.15) is 26.7 Å². The van der Waals surface area contributed by atoms with Crippen molar-refractivity contribution in [3.05, 3.63) is 21.0 Å². The molecule has 0 saturated heterocycles. The highest BCUT2D eigenvalue weighted by Gasteiger charge is 2.19. The summed E-state index contributed by atoms with van der Waals surface area (Å²) in [6.07, 6.45) is 3.16. The van der Waals surface area contributed by atoms with Crippen molar-refractivity contribution in [2.75, 3.05) is 25.6 Å². The lowest BCUT2D eigenvalue weighted by Crippen LogP contribution is -2.34. The zero-order valence-electron chi connectivity index (χ0n) is 12.1. The van der Waals surface area contributed by atoms with E-state index in [2.05, 4.69) is 26.3 Å². The molecule has 7 heteroatoms. The molecule has 1 aromatic heterocycles. The minimum absolute atomic E-state index is 0.220. The molecule has 1 heterocycles. The number of aliphatic hydroxyl groups is 1. The molecule has 0 spiro atoms. The predicted molar refractivity (Wildman–Crippen MR) is 82.1 cm³/mol. The Balaban J connectivity index is 2.78. The van der Waals surface area contributed by atoms with Crippen LogP contribution in [0.15, 0.2) is 15.5 Å². The second-order valence-corrected chi connectivity index (χ2v) is 5.79. The Morgan fingerprint density at radius 2 is 2.30 bits per heavy atom. The highest BCUT2D eigenvalue weighted by Crippen LogP contribution is 2.19. The summed E-state index contributed by atoms with van der Waals surface area (Å²) in [5.74, 6) is 0.